The molecule has 7 heteroatoms. The minimum atomic E-state index is -0.334. The molecule has 2 heterocycles. The Bertz CT molecular complexity index is 454. The SMILES string of the molecule is CN(CC(N)=O)C[C@@H]1CN(c2ccc(Cl)cn2)CCO1. The number of halogens is 1. The Morgan fingerprint density at radius 2 is 2.45 bits per heavy atom. The van der Waals surface area contributed by atoms with Gasteiger partial charge in [0, 0.05) is 25.8 Å². The number of nitrogens with zero attached hydrogens (tertiary/aromatic N) is 3. The van der Waals surface area contributed by atoms with Crippen LogP contribution in [0.5, 0.6) is 0 Å². The summed E-state index contributed by atoms with van der Waals surface area (Å²) in [5.74, 6) is 0.555. The van der Waals surface area contributed by atoms with Crippen molar-refractivity contribution in [1.29, 1.82) is 0 Å². The fourth-order valence-electron chi connectivity index (χ4n) is 2.27. The number of pyridine rings is 1. The minimum Gasteiger partial charge on any atom is -0.373 e. The zero-order valence-electron chi connectivity index (χ0n) is 11.5. The van der Waals surface area contributed by atoms with Crippen LogP contribution in [0.25, 0.3) is 0 Å². The Morgan fingerprint density at radius 3 is 3.10 bits per heavy atom. The molecule has 1 aliphatic heterocycles. The van der Waals surface area contributed by atoms with Gasteiger partial charge in [0.15, 0.2) is 0 Å². The molecule has 2 N–H and O–H groups in total. The highest BCUT2D eigenvalue weighted by Crippen LogP contribution is 2.17. The maximum atomic E-state index is 10.9. The maximum absolute atomic E-state index is 10.9. The Kier molecular flexibility index (Phi) is 5.17. The third-order valence-electron chi connectivity index (χ3n) is 3.12. The molecule has 20 heavy (non-hydrogen) atoms. The lowest BCUT2D eigenvalue weighted by molar-refractivity contribution is -0.119. The van der Waals surface area contributed by atoms with E-state index in [0.29, 0.717) is 18.2 Å². The summed E-state index contributed by atoms with van der Waals surface area (Å²) >= 11 is 5.84. The van der Waals surface area contributed by atoms with Crippen molar-refractivity contribution in [2.75, 3.05) is 44.7 Å². The van der Waals surface area contributed by atoms with Crippen molar-refractivity contribution >= 4 is 23.3 Å². The number of nitrogens with two attached hydrogens (primary N) is 1. The van der Waals surface area contributed by atoms with Crippen LogP contribution in [0.3, 0.4) is 0 Å². The van der Waals surface area contributed by atoms with Crippen molar-refractivity contribution in [1.82, 2.24) is 9.88 Å². The minimum absolute atomic E-state index is 0.0329. The lowest BCUT2D eigenvalue weighted by Crippen LogP contribution is -2.48. The molecular formula is C13H19ClN4O2. The molecule has 0 aromatic carbocycles. The molecule has 1 aromatic rings. The van der Waals surface area contributed by atoms with E-state index in [-0.39, 0.29) is 18.6 Å². The van der Waals surface area contributed by atoms with Crippen LogP contribution in [0.4, 0.5) is 5.82 Å². The average molecular weight is 299 g/mol. The molecule has 0 unspecified atom stereocenters. The molecule has 2 rings (SSSR count). The van der Waals surface area contributed by atoms with Gasteiger partial charge in [-0.3, -0.25) is 9.69 Å². The second kappa shape index (κ2) is 6.88. The smallest absolute Gasteiger partial charge is 0.231 e. The van der Waals surface area contributed by atoms with Gasteiger partial charge in [-0.25, -0.2) is 4.98 Å². The van der Waals surface area contributed by atoms with E-state index in [2.05, 4.69) is 9.88 Å². The number of aromatic nitrogens is 1. The zero-order chi connectivity index (χ0) is 14.5. The molecule has 6 nitrogen and oxygen atoms in total. The number of morpholine rings is 1. The number of likely N-dealkylation sites (N-methyl/N-ethyl adjacent to an activating group) is 1. The summed E-state index contributed by atoms with van der Waals surface area (Å²) < 4.78 is 5.72. The summed E-state index contributed by atoms with van der Waals surface area (Å²) in [6.07, 6.45) is 1.67. The number of rotatable bonds is 5. The molecule has 1 atom stereocenters. The first-order valence-corrected chi connectivity index (χ1v) is 6.87. The summed E-state index contributed by atoms with van der Waals surface area (Å²) in [5, 5.41) is 0.625. The molecular weight excluding hydrogens is 280 g/mol. The third-order valence-corrected chi connectivity index (χ3v) is 3.34. The highest BCUT2D eigenvalue weighted by Gasteiger charge is 2.22. The highest BCUT2D eigenvalue weighted by molar-refractivity contribution is 6.30. The first-order valence-electron chi connectivity index (χ1n) is 6.49. The lowest BCUT2D eigenvalue weighted by atomic mass is 10.2. The van der Waals surface area contributed by atoms with E-state index < -0.39 is 0 Å². The number of carbonyl (C=O) groups is 1. The van der Waals surface area contributed by atoms with E-state index in [1.807, 2.05) is 24.1 Å². The van der Waals surface area contributed by atoms with Gasteiger partial charge in [0.1, 0.15) is 5.82 Å². The molecule has 1 aliphatic rings. The highest BCUT2D eigenvalue weighted by atomic mass is 35.5. The standard InChI is InChI=1S/C13H19ClN4O2/c1-17(9-12(15)19)7-11-8-18(4-5-20-11)13-3-2-10(14)6-16-13/h2-3,6,11H,4-5,7-9H2,1H3,(H2,15,19)/t11-/m1/s1. The summed E-state index contributed by atoms with van der Waals surface area (Å²) in [5.41, 5.74) is 5.18. The molecule has 110 valence electrons. The van der Waals surface area contributed by atoms with Crippen molar-refractivity contribution in [3.63, 3.8) is 0 Å². The van der Waals surface area contributed by atoms with Crippen molar-refractivity contribution in [3.8, 4) is 0 Å². The first kappa shape index (κ1) is 15.0. The number of amides is 1. The number of ether oxygens (including phenoxy) is 1. The van der Waals surface area contributed by atoms with E-state index in [1.165, 1.54) is 0 Å². The molecule has 1 fully saturated rings. The molecule has 1 amide bonds. The molecule has 1 aromatic heterocycles. The van der Waals surface area contributed by atoms with Gasteiger partial charge in [-0.1, -0.05) is 11.6 Å². The second-order valence-electron chi connectivity index (χ2n) is 4.94. The van der Waals surface area contributed by atoms with Crippen LogP contribution >= 0.6 is 11.6 Å². The molecule has 0 aliphatic carbocycles. The summed E-state index contributed by atoms with van der Waals surface area (Å²) in [4.78, 5) is 19.2. The van der Waals surface area contributed by atoms with E-state index in [4.69, 9.17) is 22.1 Å². The number of anilines is 1. The monoisotopic (exact) mass is 298 g/mol. The largest absolute Gasteiger partial charge is 0.373 e. The van der Waals surface area contributed by atoms with Crippen LogP contribution in [-0.4, -0.2) is 61.7 Å². The average Bonchev–Trinajstić information content (AvgIpc) is 2.38. The summed E-state index contributed by atoms with van der Waals surface area (Å²) in [6, 6.07) is 3.73. The number of hydrogen-bond acceptors (Lipinski definition) is 5. The van der Waals surface area contributed by atoms with Gasteiger partial charge in [-0.2, -0.15) is 0 Å². The van der Waals surface area contributed by atoms with E-state index in [9.17, 15) is 4.79 Å². The normalized spacial score (nSPS) is 19.4. The van der Waals surface area contributed by atoms with Gasteiger partial charge in [0.05, 0.1) is 24.3 Å². The summed E-state index contributed by atoms with van der Waals surface area (Å²) in [6.45, 7) is 3.06. The van der Waals surface area contributed by atoms with Gasteiger partial charge >= 0.3 is 0 Å². The van der Waals surface area contributed by atoms with Gasteiger partial charge in [0.2, 0.25) is 5.91 Å². The predicted molar refractivity (Wildman–Crippen MR) is 77.9 cm³/mol. The van der Waals surface area contributed by atoms with Gasteiger partial charge < -0.3 is 15.4 Å². The third kappa shape index (κ3) is 4.33. The fourth-order valence-corrected chi connectivity index (χ4v) is 2.38. The second-order valence-corrected chi connectivity index (χ2v) is 5.37. The number of hydrogen-bond donors (Lipinski definition) is 1. The first-order chi connectivity index (χ1) is 9.54. The van der Waals surface area contributed by atoms with Crippen LogP contribution in [0.1, 0.15) is 0 Å². The molecule has 0 spiro atoms. The van der Waals surface area contributed by atoms with Crippen molar-refractivity contribution < 1.29 is 9.53 Å². The van der Waals surface area contributed by atoms with Gasteiger partial charge in [-0.05, 0) is 19.2 Å². The number of carbonyl (C=O) groups excluding carboxylic acids is 1. The van der Waals surface area contributed by atoms with E-state index >= 15 is 0 Å². The molecule has 1 saturated heterocycles. The summed E-state index contributed by atoms with van der Waals surface area (Å²) in [7, 11) is 1.85. The molecule has 0 bridgehead atoms. The Morgan fingerprint density at radius 1 is 1.65 bits per heavy atom. The zero-order valence-corrected chi connectivity index (χ0v) is 12.2. The van der Waals surface area contributed by atoms with Crippen molar-refractivity contribution in [2.24, 2.45) is 5.73 Å². The van der Waals surface area contributed by atoms with Crippen LogP contribution in [0, 0.1) is 0 Å². The number of primary amides is 1. The Hall–Kier alpha value is -1.37. The molecule has 0 saturated carbocycles. The van der Waals surface area contributed by atoms with Crippen LogP contribution < -0.4 is 10.6 Å². The topological polar surface area (TPSA) is 71.7 Å². The fraction of sp³-hybridized carbons (Fsp3) is 0.538. The Labute approximate surface area is 123 Å². The lowest BCUT2D eigenvalue weighted by Gasteiger charge is -2.35. The quantitative estimate of drug-likeness (QED) is 0.850. The predicted octanol–water partition coefficient (Wildman–Crippen LogP) is 0.357. The van der Waals surface area contributed by atoms with Crippen molar-refractivity contribution in [3.05, 3.63) is 23.4 Å². The van der Waals surface area contributed by atoms with Gasteiger partial charge in [0.25, 0.3) is 0 Å². The maximum Gasteiger partial charge on any atom is 0.231 e. The molecule has 0 radical (unpaired) electrons. The van der Waals surface area contributed by atoms with E-state index in [0.717, 1.165) is 18.9 Å². The Balaban J connectivity index is 1.91. The van der Waals surface area contributed by atoms with E-state index in [1.54, 1.807) is 6.20 Å². The van der Waals surface area contributed by atoms with Crippen molar-refractivity contribution in [2.45, 2.75) is 6.10 Å². The van der Waals surface area contributed by atoms with Crippen LogP contribution in [0.2, 0.25) is 5.02 Å². The van der Waals surface area contributed by atoms with Crippen LogP contribution in [0.15, 0.2) is 18.3 Å². The van der Waals surface area contributed by atoms with Gasteiger partial charge in [-0.15, -0.1) is 0 Å². The van der Waals surface area contributed by atoms with Crippen LogP contribution in [-0.2, 0) is 9.53 Å².